The zero-order valence-corrected chi connectivity index (χ0v) is 12.3. The van der Waals surface area contributed by atoms with Gasteiger partial charge in [-0.25, -0.2) is 0 Å². The van der Waals surface area contributed by atoms with Crippen LogP contribution >= 0.6 is 11.3 Å². The molecule has 3 heterocycles. The molecule has 0 saturated heterocycles. The van der Waals surface area contributed by atoms with E-state index in [0.717, 1.165) is 28.8 Å². The maximum atomic E-state index is 4.80. The van der Waals surface area contributed by atoms with Gasteiger partial charge in [0.25, 0.3) is 0 Å². The fourth-order valence-electron chi connectivity index (χ4n) is 3.08. The number of aromatic nitrogens is 4. The van der Waals surface area contributed by atoms with E-state index in [1.165, 1.54) is 24.0 Å². The lowest BCUT2D eigenvalue weighted by molar-refractivity contribution is 0.558. The van der Waals surface area contributed by atoms with Crippen LogP contribution in [0, 0.1) is 0 Å². The Bertz CT molecular complexity index is 816. The van der Waals surface area contributed by atoms with Crippen LogP contribution in [0.5, 0.6) is 0 Å². The zero-order valence-electron chi connectivity index (χ0n) is 11.5. The Kier molecular flexibility index (Phi) is 2.45. The van der Waals surface area contributed by atoms with Gasteiger partial charge in [-0.3, -0.25) is 0 Å². The Balaban J connectivity index is 1.61. The van der Waals surface area contributed by atoms with Crippen molar-refractivity contribution in [3.63, 3.8) is 0 Å². The highest BCUT2D eigenvalue weighted by Crippen LogP contribution is 2.40. The molecule has 0 spiro atoms. The van der Waals surface area contributed by atoms with Gasteiger partial charge >= 0.3 is 0 Å². The number of hydrogen-bond donors (Lipinski definition) is 1. The highest BCUT2D eigenvalue weighted by Gasteiger charge is 2.31. The minimum atomic E-state index is 0.189. The van der Waals surface area contributed by atoms with Gasteiger partial charge in [0, 0.05) is 12.5 Å². The lowest BCUT2D eigenvalue weighted by Gasteiger charge is -2.24. The molecule has 1 aromatic carbocycles. The first kappa shape index (κ1) is 11.8. The largest absolute Gasteiger partial charge is 0.304 e. The second-order valence-electron chi connectivity index (χ2n) is 5.80. The topological polar surface area (TPSA) is 55.1 Å². The fourth-order valence-corrected chi connectivity index (χ4v) is 4.02. The number of nitrogens with zero attached hydrogens (tertiary/aromatic N) is 4. The van der Waals surface area contributed by atoms with Crippen molar-refractivity contribution in [1.82, 2.24) is 25.1 Å². The summed E-state index contributed by atoms with van der Waals surface area (Å²) in [5.41, 5.74) is 2.77. The summed E-state index contributed by atoms with van der Waals surface area (Å²) in [4.78, 5) is 0.914. The minimum Gasteiger partial charge on any atom is -0.304 e. The van der Waals surface area contributed by atoms with Crippen molar-refractivity contribution in [3.05, 3.63) is 46.2 Å². The van der Waals surface area contributed by atoms with Gasteiger partial charge in [0.1, 0.15) is 5.01 Å². The molecule has 0 radical (unpaired) electrons. The van der Waals surface area contributed by atoms with E-state index in [-0.39, 0.29) is 6.04 Å². The normalized spacial score (nSPS) is 21.6. The summed E-state index contributed by atoms with van der Waals surface area (Å²) in [5, 5.41) is 18.1. The van der Waals surface area contributed by atoms with E-state index in [1.807, 2.05) is 4.52 Å². The summed E-state index contributed by atoms with van der Waals surface area (Å²) in [6, 6.07) is 8.84. The van der Waals surface area contributed by atoms with E-state index in [4.69, 9.17) is 5.10 Å². The Morgan fingerprint density at radius 2 is 2.10 bits per heavy atom. The van der Waals surface area contributed by atoms with Crippen molar-refractivity contribution in [1.29, 1.82) is 0 Å². The lowest BCUT2D eigenvalue weighted by atomic mass is 9.95. The first-order chi connectivity index (χ1) is 10.4. The van der Waals surface area contributed by atoms with Crippen molar-refractivity contribution >= 4 is 16.3 Å². The summed E-state index contributed by atoms with van der Waals surface area (Å²) >= 11 is 1.65. The molecule has 106 valence electrons. The van der Waals surface area contributed by atoms with Crippen LogP contribution in [0.15, 0.2) is 24.3 Å². The summed E-state index contributed by atoms with van der Waals surface area (Å²) in [6.45, 7) is 0.997. The predicted octanol–water partition coefficient (Wildman–Crippen LogP) is 2.30. The van der Waals surface area contributed by atoms with Gasteiger partial charge in [-0.15, -0.1) is 10.2 Å². The van der Waals surface area contributed by atoms with Gasteiger partial charge in [-0.05, 0) is 30.4 Å². The van der Waals surface area contributed by atoms with Crippen molar-refractivity contribution < 1.29 is 0 Å². The summed E-state index contributed by atoms with van der Waals surface area (Å²) < 4.78 is 1.95. The van der Waals surface area contributed by atoms with Crippen molar-refractivity contribution in [2.45, 2.75) is 31.2 Å². The Morgan fingerprint density at radius 3 is 3.00 bits per heavy atom. The van der Waals surface area contributed by atoms with E-state index >= 15 is 0 Å². The minimum absolute atomic E-state index is 0.189. The molecule has 1 saturated carbocycles. The van der Waals surface area contributed by atoms with Crippen molar-refractivity contribution in [3.8, 4) is 0 Å². The molecule has 5 nitrogen and oxygen atoms in total. The van der Waals surface area contributed by atoms with Gasteiger partial charge in [0.15, 0.2) is 5.82 Å². The predicted molar refractivity (Wildman–Crippen MR) is 80.6 cm³/mol. The quantitative estimate of drug-likeness (QED) is 0.788. The summed E-state index contributed by atoms with van der Waals surface area (Å²) in [5.74, 6) is 1.61. The van der Waals surface area contributed by atoms with Crippen LogP contribution in [0.3, 0.4) is 0 Å². The lowest BCUT2D eigenvalue weighted by Crippen LogP contribution is -2.30. The molecular weight excluding hydrogens is 282 g/mol. The zero-order chi connectivity index (χ0) is 13.8. The molecular formula is C15H15N5S. The van der Waals surface area contributed by atoms with Crippen molar-refractivity contribution in [2.75, 3.05) is 6.54 Å². The van der Waals surface area contributed by atoms with Crippen LogP contribution in [0.1, 0.15) is 46.8 Å². The molecule has 1 unspecified atom stereocenters. The number of fused-ring (bicyclic) bond motifs is 2. The second kappa shape index (κ2) is 4.35. The number of nitrogens with one attached hydrogen (secondary N) is 1. The van der Waals surface area contributed by atoms with E-state index in [1.54, 1.807) is 11.3 Å². The fraction of sp³-hybridized carbons (Fsp3) is 0.400. The van der Waals surface area contributed by atoms with Gasteiger partial charge in [-0.1, -0.05) is 35.6 Å². The van der Waals surface area contributed by atoms with Gasteiger partial charge in [0.05, 0.1) is 6.04 Å². The van der Waals surface area contributed by atoms with Crippen LogP contribution in [-0.4, -0.2) is 26.4 Å². The number of benzene rings is 1. The van der Waals surface area contributed by atoms with E-state index in [9.17, 15) is 0 Å². The molecule has 3 aromatic rings. The first-order valence-electron chi connectivity index (χ1n) is 7.43. The highest BCUT2D eigenvalue weighted by molar-refractivity contribution is 7.16. The Labute approximate surface area is 126 Å². The molecule has 21 heavy (non-hydrogen) atoms. The average molecular weight is 297 g/mol. The smallest absolute Gasteiger partial charge is 0.234 e. The average Bonchev–Trinajstić information content (AvgIpc) is 3.15. The highest BCUT2D eigenvalue weighted by atomic mass is 32.1. The molecule has 1 aliphatic carbocycles. The molecule has 0 bridgehead atoms. The first-order valence-corrected chi connectivity index (χ1v) is 8.25. The molecule has 1 atom stereocenters. The van der Waals surface area contributed by atoms with Crippen LogP contribution in [0.25, 0.3) is 4.96 Å². The molecule has 1 fully saturated rings. The summed E-state index contributed by atoms with van der Waals surface area (Å²) in [7, 11) is 0. The third-order valence-electron chi connectivity index (χ3n) is 4.33. The Hall–Kier alpha value is -1.79. The monoisotopic (exact) mass is 297 g/mol. The van der Waals surface area contributed by atoms with Crippen LogP contribution in [0.4, 0.5) is 0 Å². The number of rotatable bonds is 2. The van der Waals surface area contributed by atoms with Crippen molar-refractivity contribution in [2.24, 2.45) is 0 Å². The van der Waals surface area contributed by atoms with Gasteiger partial charge in [-0.2, -0.15) is 9.61 Å². The third kappa shape index (κ3) is 1.82. The molecule has 6 heteroatoms. The summed E-state index contributed by atoms with van der Waals surface area (Å²) in [6.07, 6.45) is 3.53. The van der Waals surface area contributed by atoms with Crippen LogP contribution in [0.2, 0.25) is 0 Å². The van der Waals surface area contributed by atoms with Crippen LogP contribution < -0.4 is 5.32 Å². The maximum absolute atomic E-state index is 4.80. The molecule has 2 aromatic heterocycles. The molecule has 1 N–H and O–H groups in total. The standard InChI is InChI=1S/C15H15N5S/c1-2-4-11-9(3-1)7-8-16-12(11)14-19-20-13(10-5-6-10)17-18-15(20)21-14/h1-4,10,12,16H,5-8H2. The third-order valence-corrected chi connectivity index (χ3v) is 5.29. The van der Waals surface area contributed by atoms with E-state index in [0.29, 0.717) is 5.92 Å². The number of hydrogen-bond acceptors (Lipinski definition) is 5. The molecule has 5 rings (SSSR count). The van der Waals surface area contributed by atoms with Gasteiger partial charge in [0.2, 0.25) is 4.96 Å². The SMILES string of the molecule is c1ccc2c(c1)CCNC2c1nn2c(C3CC3)nnc2s1. The maximum Gasteiger partial charge on any atom is 0.234 e. The molecule has 1 aliphatic heterocycles. The second-order valence-corrected chi connectivity index (χ2v) is 6.79. The molecule has 2 aliphatic rings. The van der Waals surface area contributed by atoms with Gasteiger partial charge < -0.3 is 5.32 Å². The molecule has 0 amide bonds. The van der Waals surface area contributed by atoms with Crippen LogP contribution in [-0.2, 0) is 6.42 Å². The Morgan fingerprint density at radius 1 is 1.19 bits per heavy atom. The van der Waals surface area contributed by atoms with E-state index in [2.05, 4.69) is 39.8 Å². The van der Waals surface area contributed by atoms with E-state index < -0.39 is 0 Å².